The van der Waals surface area contributed by atoms with E-state index in [2.05, 4.69) is 11.9 Å². The Morgan fingerprint density at radius 1 is 1.62 bits per heavy atom. The fraction of sp³-hybridized carbons (Fsp3) is 0.364. The summed E-state index contributed by atoms with van der Waals surface area (Å²) in [6.07, 6.45) is 4.81. The highest BCUT2D eigenvalue weighted by Gasteiger charge is 1.97. The minimum absolute atomic E-state index is 0.0709. The van der Waals surface area contributed by atoms with Gasteiger partial charge in [0.05, 0.1) is 11.3 Å². The van der Waals surface area contributed by atoms with Gasteiger partial charge in [0.2, 0.25) is 0 Å². The van der Waals surface area contributed by atoms with Crippen LogP contribution >= 0.6 is 11.6 Å². The quantitative estimate of drug-likeness (QED) is 0.555. The lowest BCUT2D eigenvalue weighted by molar-refractivity contribution is -0.123. The molecule has 0 aromatic carbocycles. The first-order valence-electron chi connectivity index (χ1n) is 4.83. The molecule has 0 aliphatic heterocycles. The number of nitrogens with one attached hydrogen (secondary N) is 1. The fourth-order valence-electron chi connectivity index (χ4n) is 0.709. The van der Waals surface area contributed by atoms with Gasteiger partial charge in [0.25, 0.3) is 5.91 Å². The van der Waals surface area contributed by atoms with E-state index in [1.54, 1.807) is 0 Å². The van der Waals surface area contributed by atoms with Gasteiger partial charge in [-0.15, -0.1) is 0 Å². The van der Waals surface area contributed by atoms with Gasteiger partial charge < -0.3 is 10.1 Å². The molecule has 0 heterocycles. The predicted octanol–water partition coefficient (Wildman–Crippen LogP) is 2.65. The Bertz CT molecular complexity index is 300. The van der Waals surface area contributed by atoms with Crippen molar-refractivity contribution in [1.82, 2.24) is 5.32 Å². The van der Waals surface area contributed by atoms with E-state index in [0.29, 0.717) is 6.54 Å². The first kappa shape index (κ1) is 14.7. The van der Waals surface area contributed by atoms with Crippen LogP contribution in [0.4, 0.5) is 4.39 Å². The van der Waals surface area contributed by atoms with E-state index in [0.717, 1.165) is 6.42 Å². The molecule has 0 saturated carbocycles. The van der Waals surface area contributed by atoms with Gasteiger partial charge in [-0.25, -0.2) is 4.39 Å². The molecule has 0 fully saturated rings. The van der Waals surface area contributed by atoms with Crippen molar-refractivity contribution < 1.29 is 13.9 Å². The van der Waals surface area contributed by atoms with E-state index >= 15 is 0 Å². The summed E-state index contributed by atoms with van der Waals surface area (Å²) in [6, 6.07) is 0. The van der Waals surface area contributed by atoms with Crippen LogP contribution in [-0.2, 0) is 9.53 Å². The first-order valence-corrected chi connectivity index (χ1v) is 5.21. The molecule has 90 valence electrons. The molecule has 3 nitrogen and oxygen atoms in total. The summed E-state index contributed by atoms with van der Waals surface area (Å²) in [5.41, 5.74) is 0. The third-order valence-corrected chi connectivity index (χ3v) is 1.79. The second kappa shape index (κ2) is 8.97. The molecule has 0 aliphatic carbocycles. The van der Waals surface area contributed by atoms with Crippen molar-refractivity contribution in [3.05, 3.63) is 35.9 Å². The molecule has 5 heteroatoms. The Balaban J connectivity index is 3.73. The van der Waals surface area contributed by atoms with Crippen LogP contribution in [0, 0.1) is 0 Å². The molecule has 0 rings (SSSR count). The highest BCUT2D eigenvalue weighted by molar-refractivity contribution is 6.31. The summed E-state index contributed by atoms with van der Waals surface area (Å²) in [7, 11) is 0. The van der Waals surface area contributed by atoms with E-state index in [1.807, 2.05) is 6.92 Å². The van der Waals surface area contributed by atoms with Gasteiger partial charge in [-0.1, -0.05) is 25.1 Å². The van der Waals surface area contributed by atoms with Crippen molar-refractivity contribution in [2.45, 2.75) is 13.3 Å². The van der Waals surface area contributed by atoms with Gasteiger partial charge in [-0.05, 0) is 18.6 Å². The molecule has 0 bridgehead atoms. The van der Waals surface area contributed by atoms with Crippen LogP contribution in [0.1, 0.15) is 13.3 Å². The lowest BCUT2D eigenvalue weighted by atomic mass is 10.4. The summed E-state index contributed by atoms with van der Waals surface area (Å²) < 4.78 is 17.2. The smallest absolute Gasteiger partial charge is 0.257 e. The van der Waals surface area contributed by atoms with E-state index in [1.165, 1.54) is 18.4 Å². The van der Waals surface area contributed by atoms with Gasteiger partial charge in [0.15, 0.2) is 6.61 Å². The number of halogens is 2. The maximum absolute atomic E-state index is 12.3. The predicted molar refractivity (Wildman–Crippen MR) is 62.6 cm³/mol. The second-order valence-electron chi connectivity index (χ2n) is 2.91. The molecule has 0 atom stereocenters. The highest BCUT2D eigenvalue weighted by atomic mass is 35.5. The molecule has 16 heavy (non-hydrogen) atoms. The summed E-state index contributed by atoms with van der Waals surface area (Å²) in [5, 5.41) is 2.54. The largest absolute Gasteiger partial charge is 0.491 e. The van der Waals surface area contributed by atoms with E-state index < -0.39 is 5.83 Å². The average Bonchev–Trinajstić information content (AvgIpc) is 2.25. The third-order valence-electron chi connectivity index (χ3n) is 1.46. The summed E-state index contributed by atoms with van der Waals surface area (Å²) in [5.74, 6) is -0.913. The van der Waals surface area contributed by atoms with Crippen LogP contribution in [-0.4, -0.2) is 19.1 Å². The lowest BCUT2D eigenvalue weighted by Crippen LogP contribution is -2.27. The number of amides is 1. The number of rotatable bonds is 7. The minimum Gasteiger partial charge on any atom is -0.491 e. The molecular formula is C11H15ClFNO2. The SMILES string of the molecule is C=C(F)/C(Cl)=C\C=C\OCC(=O)NCCC. The number of carbonyl (C=O) groups excluding carboxylic acids is 1. The zero-order valence-electron chi connectivity index (χ0n) is 9.13. The molecule has 0 spiro atoms. The Labute approximate surface area is 99.6 Å². The number of hydrogen-bond donors (Lipinski definition) is 1. The van der Waals surface area contributed by atoms with E-state index in [9.17, 15) is 9.18 Å². The molecule has 1 N–H and O–H groups in total. The highest BCUT2D eigenvalue weighted by Crippen LogP contribution is 2.12. The second-order valence-corrected chi connectivity index (χ2v) is 3.32. The number of carbonyl (C=O) groups is 1. The van der Waals surface area contributed by atoms with Crippen LogP contribution in [0.2, 0.25) is 0 Å². The van der Waals surface area contributed by atoms with Crippen molar-refractivity contribution in [3.8, 4) is 0 Å². The van der Waals surface area contributed by atoms with E-state index in [-0.39, 0.29) is 17.5 Å². The van der Waals surface area contributed by atoms with Crippen molar-refractivity contribution in [2.75, 3.05) is 13.2 Å². The maximum atomic E-state index is 12.3. The lowest BCUT2D eigenvalue weighted by Gasteiger charge is -2.01. The summed E-state index contributed by atoms with van der Waals surface area (Å²) >= 11 is 5.43. The van der Waals surface area contributed by atoms with Crippen molar-refractivity contribution in [1.29, 1.82) is 0 Å². The molecule has 0 aromatic heterocycles. The first-order chi connectivity index (χ1) is 7.57. The molecule has 0 aromatic rings. The molecule has 0 saturated heterocycles. The number of allylic oxidation sites excluding steroid dienone is 4. The zero-order chi connectivity index (χ0) is 12.4. The van der Waals surface area contributed by atoms with Crippen molar-refractivity contribution >= 4 is 17.5 Å². The normalized spacial score (nSPS) is 11.6. The van der Waals surface area contributed by atoms with Gasteiger partial charge in [-0.2, -0.15) is 0 Å². The van der Waals surface area contributed by atoms with Crippen LogP contribution in [0.3, 0.4) is 0 Å². The van der Waals surface area contributed by atoms with Gasteiger partial charge in [0.1, 0.15) is 5.83 Å². The Morgan fingerprint density at radius 2 is 2.31 bits per heavy atom. The topological polar surface area (TPSA) is 38.3 Å². The minimum atomic E-state index is -0.716. The number of ether oxygens (including phenoxy) is 1. The third kappa shape index (κ3) is 8.05. The van der Waals surface area contributed by atoms with Crippen LogP contribution in [0.25, 0.3) is 0 Å². The fourth-order valence-corrected chi connectivity index (χ4v) is 0.782. The van der Waals surface area contributed by atoms with E-state index in [4.69, 9.17) is 16.3 Å². The maximum Gasteiger partial charge on any atom is 0.257 e. The average molecular weight is 248 g/mol. The number of hydrogen-bond acceptors (Lipinski definition) is 2. The molecular weight excluding hydrogens is 233 g/mol. The Morgan fingerprint density at radius 3 is 2.88 bits per heavy atom. The van der Waals surface area contributed by atoms with Gasteiger partial charge >= 0.3 is 0 Å². The van der Waals surface area contributed by atoms with Crippen molar-refractivity contribution in [3.63, 3.8) is 0 Å². The molecule has 0 aliphatic rings. The Hall–Kier alpha value is -1.29. The summed E-state index contributed by atoms with van der Waals surface area (Å²) in [6.45, 7) is 5.52. The van der Waals surface area contributed by atoms with Gasteiger partial charge in [-0.3, -0.25) is 4.79 Å². The monoisotopic (exact) mass is 247 g/mol. The summed E-state index contributed by atoms with van der Waals surface area (Å²) in [4.78, 5) is 11.0. The molecule has 1 amide bonds. The van der Waals surface area contributed by atoms with Crippen LogP contribution < -0.4 is 5.32 Å². The Kier molecular flexibility index (Phi) is 8.25. The van der Waals surface area contributed by atoms with Crippen LogP contribution in [0.15, 0.2) is 35.9 Å². The molecule has 0 unspecified atom stereocenters. The standard InChI is InChI=1S/C11H15ClFNO2/c1-3-6-14-11(15)8-16-7-4-5-10(12)9(2)13/h4-5,7H,2-3,6,8H2,1H3,(H,14,15)/b7-4+,10-5+. The van der Waals surface area contributed by atoms with Crippen LogP contribution in [0.5, 0.6) is 0 Å². The van der Waals surface area contributed by atoms with Gasteiger partial charge in [0, 0.05) is 6.54 Å². The molecule has 0 radical (unpaired) electrons. The van der Waals surface area contributed by atoms with Crippen molar-refractivity contribution in [2.24, 2.45) is 0 Å². The zero-order valence-corrected chi connectivity index (χ0v) is 9.89.